The van der Waals surface area contributed by atoms with E-state index in [1.807, 2.05) is 25.9 Å². The number of urea groups is 1. The van der Waals surface area contributed by atoms with E-state index in [4.69, 9.17) is 5.11 Å². The van der Waals surface area contributed by atoms with Crippen molar-refractivity contribution in [2.45, 2.75) is 25.4 Å². The van der Waals surface area contributed by atoms with Gasteiger partial charge in [0.05, 0.1) is 0 Å². The smallest absolute Gasteiger partial charge is 0.326 e. The number of likely N-dealkylation sites (N-methyl/N-ethyl adjacent to an activating group) is 1. The van der Waals surface area contributed by atoms with Crippen molar-refractivity contribution in [3.63, 3.8) is 0 Å². The summed E-state index contributed by atoms with van der Waals surface area (Å²) in [6.07, 6.45) is 1.66. The van der Waals surface area contributed by atoms with Crippen LogP contribution in [-0.4, -0.2) is 54.7 Å². The second kappa shape index (κ2) is 7.67. The van der Waals surface area contributed by atoms with E-state index >= 15 is 0 Å². The highest BCUT2D eigenvalue weighted by Gasteiger charge is 2.18. The second-order valence-electron chi connectivity index (χ2n) is 4.20. The molecule has 0 aromatic rings. The van der Waals surface area contributed by atoms with Gasteiger partial charge in [0.25, 0.3) is 0 Å². The number of hydrogen-bond donors (Lipinski definition) is 3. The molecule has 0 aromatic carbocycles. The lowest BCUT2D eigenvalue weighted by molar-refractivity contribution is -0.139. The molecule has 6 nitrogen and oxygen atoms in total. The number of carboxylic acid groups (broad SMARTS) is 1. The molecule has 0 saturated carbocycles. The highest BCUT2D eigenvalue weighted by atomic mass is 16.4. The molecule has 0 fully saturated rings. The van der Waals surface area contributed by atoms with Gasteiger partial charge in [0.1, 0.15) is 6.04 Å². The van der Waals surface area contributed by atoms with Gasteiger partial charge in [0.2, 0.25) is 0 Å². The normalized spacial score (nSPS) is 13.9. The van der Waals surface area contributed by atoms with Crippen LogP contribution >= 0.6 is 0 Å². The molecule has 2 amide bonds. The molecule has 2 unspecified atom stereocenters. The average molecular weight is 243 g/mol. The van der Waals surface area contributed by atoms with Crippen molar-refractivity contribution in [1.82, 2.24) is 15.5 Å². The first-order valence-corrected chi connectivity index (χ1v) is 5.42. The molecule has 0 aromatic heterocycles. The molecule has 0 bridgehead atoms. The standard InChI is InChI=1S/C11H21N3O3/c1-5-6-9(10(15)16)13-11(17)12-8(2)7-14(3)4/h5,8-9H,1,6-7H2,2-4H3,(H,15,16)(H2,12,13,17). The van der Waals surface area contributed by atoms with Crippen molar-refractivity contribution in [1.29, 1.82) is 0 Å². The Bertz CT molecular complexity index is 279. The van der Waals surface area contributed by atoms with Crippen molar-refractivity contribution in [2.24, 2.45) is 0 Å². The van der Waals surface area contributed by atoms with Crippen LogP contribution in [0.5, 0.6) is 0 Å². The van der Waals surface area contributed by atoms with Crippen molar-refractivity contribution in [2.75, 3.05) is 20.6 Å². The Labute approximate surface area is 102 Å². The van der Waals surface area contributed by atoms with E-state index in [1.165, 1.54) is 6.08 Å². The zero-order chi connectivity index (χ0) is 13.4. The van der Waals surface area contributed by atoms with Crippen LogP contribution in [0.15, 0.2) is 12.7 Å². The van der Waals surface area contributed by atoms with Crippen molar-refractivity contribution >= 4 is 12.0 Å². The molecule has 0 aliphatic rings. The molecular weight excluding hydrogens is 222 g/mol. The molecule has 17 heavy (non-hydrogen) atoms. The lowest BCUT2D eigenvalue weighted by Gasteiger charge is -2.20. The number of nitrogens with zero attached hydrogens (tertiary/aromatic N) is 1. The van der Waals surface area contributed by atoms with Crippen molar-refractivity contribution in [3.8, 4) is 0 Å². The van der Waals surface area contributed by atoms with Gasteiger partial charge in [-0.1, -0.05) is 6.08 Å². The molecule has 6 heteroatoms. The summed E-state index contributed by atoms with van der Waals surface area (Å²) in [7, 11) is 3.79. The molecule has 0 radical (unpaired) electrons. The highest BCUT2D eigenvalue weighted by Crippen LogP contribution is 1.93. The molecular formula is C11H21N3O3. The van der Waals surface area contributed by atoms with Crippen LogP contribution in [0.1, 0.15) is 13.3 Å². The topological polar surface area (TPSA) is 81.7 Å². The Balaban J connectivity index is 4.14. The van der Waals surface area contributed by atoms with E-state index in [0.717, 1.165) is 0 Å². The van der Waals surface area contributed by atoms with E-state index in [9.17, 15) is 9.59 Å². The lowest BCUT2D eigenvalue weighted by atomic mass is 10.2. The van der Waals surface area contributed by atoms with Crippen molar-refractivity contribution in [3.05, 3.63) is 12.7 Å². The fourth-order valence-electron chi connectivity index (χ4n) is 1.41. The first kappa shape index (κ1) is 15.4. The maximum absolute atomic E-state index is 11.5. The fourth-order valence-corrected chi connectivity index (χ4v) is 1.41. The number of nitrogens with one attached hydrogen (secondary N) is 2. The zero-order valence-electron chi connectivity index (χ0n) is 10.6. The number of carboxylic acids is 1. The van der Waals surface area contributed by atoms with Crippen LogP contribution in [0.2, 0.25) is 0 Å². The maximum Gasteiger partial charge on any atom is 0.326 e. The quantitative estimate of drug-likeness (QED) is 0.560. The molecule has 0 aliphatic heterocycles. The fraction of sp³-hybridized carbons (Fsp3) is 0.636. The molecule has 2 atom stereocenters. The van der Waals surface area contributed by atoms with Gasteiger partial charge in [-0.2, -0.15) is 0 Å². The number of carbonyl (C=O) groups is 2. The summed E-state index contributed by atoms with van der Waals surface area (Å²) in [6.45, 7) is 5.99. The molecule has 3 N–H and O–H groups in total. The summed E-state index contributed by atoms with van der Waals surface area (Å²) in [5, 5.41) is 13.9. The summed E-state index contributed by atoms with van der Waals surface area (Å²) in [5.74, 6) is -1.07. The molecule has 0 spiro atoms. The van der Waals surface area contributed by atoms with E-state index in [2.05, 4.69) is 17.2 Å². The van der Waals surface area contributed by atoms with Crippen LogP contribution in [0, 0.1) is 0 Å². The van der Waals surface area contributed by atoms with Crippen LogP contribution in [0.25, 0.3) is 0 Å². The van der Waals surface area contributed by atoms with Gasteiger partial charge in [-0.3, -0.25) is 0 Å². The summed E-state index contributed by atoms with van der Waals surface area (Å²) in [5.41, 5.74) is 0. The average Bonchev–Trinajstić information content (AvgIpc) is 2.14. The van der Waals surface area contributed by atoms with Crippen LogP contribution < -0.4 is 10.6 Å². The number of hydrogen-bond acceptors (Lipinski definition) is 3. The summed E-state index contributed by atoms with van der Waals surface area (Å²) >= 11 is 0. The van der Waals surface area contributed by atoms with E-state index in [1.54, 1.807) is 0 Å². The molecule has 0 saturated heterocycles. The minimum absolute atomic E-state index is 0.0526. The Morgan fingerprint density at radius 3 is 2.41 bits per heavy atom. The second-order valence-corrected chi connectivity index (χ2v) is 4.20. The van der Waals surface area contributed by atoms with E-state index < -0.39 is 18.0 Å². The minimum Gasteiger partial charge on any atom is -0.480 e. The third kappa shape index (κ3) is 7.35. The Hall–Kier alpha value is -1.56. The van der Waals surface area contributed by atoms with E-state index in [-0.39, 0.29) is 12.5 Å². The highest BCUT2D eigenvalue weighted by molar-refractivity contribution is 5.82. The Morgan fingerprint density at radius 1 is 1.41 bits per heavy atom. The minimum atomic E-state index is -1.07. The number of aliphatic carboxylic acids is 1. The first-order chi connectivity index (χ1) is 7.86. The van der Waals surface area contributed by atoms with Gasteiger partial charge in [-0.25, -0.2) is 9.59 Å². The van der Waals surface area contributed by atoms with Gasteiger partial charge < -0.3 is 20.6 Å². The number of rotatable bonds is 7. The summed E-state index contributed by atoms with van der Waals surface area (Å²) < 4.78 is 0. The summed E-state index contributed by atoms with van der Waals surface area (Å²) in [6, 6.07) is -1.46. The molecule has 0 rings (SSSR count). The van der Waals surface area contributed by atoms with Gasteiger partial charge in [0.15, 0.2) is 0 Å². The van der Waals surface area contributed by atoms with Crippen LogP contribution in [0.4, 0.5) is 4.79 Å². The van der Waals surface area contributed by atoms with Gasteiger partial charge in [-0.05, 0) is 27.4 Å². The lowest BCUT2D eigenvalue weighted by Crippen LogP contribution is -2.50. The van der Waals surface area contributed by atoms with E-state index in [0.29, 0.717) is 6.54 Å². The first-order valence-electron chi connectivity index (χ1n) is 5.42. The number of amides is 2. The summed E-state index contributed by atoms with van der Waals surface area (Å²) in [4.78, 5) is 24.2. The SMILES string of the molecule is C=CCC(NC(=O)NC(C)CN(C)C)C(=O)O. The predicted octanol–water partition coefficient (Wildman–Crippen LogP) is 0.265. The van der Waals surface area contributed by atoms with Crippen molar-refractivity contribution < 1.29 is 14.7 Å². The van der Waals surface area contributed by atoms with Crippen LogP contribution in [-0.2, 0) is 4.79 Å². The zero-order valence-corrected chi connectivity index (χ0v) is 10.6. The largest absolute Gasteiger partial charge is 0.480 e. The van der Waals surface area contributed by atoms with Gasteiger partial charge in [0, 0.05) is 12.6 Å². The Morgan fingerprint density at radius 2 is 2.00 bits per heavy atom. The number of carbonyl (C=O) groups excluding carboxylic acids is 1. The third-order valence-electron chi connectivity index (χ3n) is 2.02. The Kier molecular flexibility index (Phi) is 6.97. The van der Waals surface area contributed by atoms with Gasteiger partial charge >= 0.3 is 12.0 Å². The van der Waals surface area contributed by atoms with Gasteiger partial charge in [-0.15, -0.1) is 6.58 Å². The molecule has 0 aliphatic carbocycles. The molecule has 0 heterocycles. The third-order valence-corrected chi connectivity index (χ3v) is 2.02. The molecule has 98 valence electrons. The predicted molar refractivity (Wildman–Crippen MR) is 65.9 cm³/mol. The maximum atomic E-state index is 11.5. The van der Waals surface area contributed by atoms with Crippen LogP contribution in [0.3, 0.4) is 0 Å². The monoisotopic (exact) mass is 243 g/mol.